The first kappa shape index (κ1) is 15.0. The molecule has 21 heavy (non-hydrogen) atoms. The third-order valence-corrected chi connectivity index (χ3v) is 5.64. The molecule has 2 fully saturated rings. The molecule has 3 rings (SSSR count). The van der Waals surface area contributed by atoms with Gasteiger partial charge in [0.1, 0.15) is 6.61 Å². The van der Waals surface area contributed by atoms with Crippen LogP contribution in [-0.4, -0.2) is 31.7 Å². The Hall–Kier alpha value is -0.870. The van der Waals surface area contributed by atoms with Crippen molar-refractivity contribution in [3.05, 3.63) is 34.3 Å². The standard InChI is InChI=1S/C17H22BrNO2/c18-15-8-2-1-7-14(15)17(20)21-12-13-6-5-11-19-10-4-3-9-16(13)19/h1-2,7-8,13,16H,3-6,9-12H2/p+1/t13-,16+/m0/s1. The molecule has 2 heterocycles. The van der Waals surface area contributed by atoms with E-state index in [9.17, 15) is 4.79 Å². The molecule has 0 bridgehead atoms. The lowest BCUT2D eigenvalue weighted by Crippen LogP contribution is -3.18. The molecule has 0 radical (unpaired) electrons. The average molecular weight is 353 g/mol. The number of piperidine rings is 2. The number of rotatable bonds is 3. The Morgan fingerprint density at radius 1 is 1.19 bits per heavy atom. The fourth-order valence-corrected chi connectivity index (χ4v) is 4.31. The molecule has 2 aliphatic heterocycles. The topological polar surface area (TPSA) is 30.7 Å². The summed E-state index contributed by atoms with van der Waals surface area (Å²) in [7, 11) is 0. The Morgan fingerprint density at radius 3 is 2.86 bits per heavy atom. The fourth-order valence-electron chi connectivity index (χ4n) is 3.86. The molecule has 0 aliphatic carbocycles. The van der Waals surface area contributed by atoms with Gasteiger partial charge in [0.05, 0.1) is 24.7 Å². The van der Waals surface area contributed by atoms with E-state index in [-0.39, 0.29) is 5.97 Å². The minimum Gasteiger partial charge on any atom is -0.462 e. The minimum absolute atomic E-state index is 0.203. The summed E-state index contributed by atoms with van der Waals surface area (Å²) in [4.78, 5) is 14.0. The van der Waals surface area contributed by atoms with Gasteiger partial charge in [-0.25, -0.2) is 4.79 Å². The lowest BCUT2D eigenvalue weighted by atomic mass is 9.84. The van der Waals surface area contributed by atoms with E-state index in [0.717, 1.165) is 4.47 Å². The summed E-state index contributed by atoms with van der Waals surface area (Å²) in [5, 5.41) is 0. The molecule has 1 N–H and O–H groups in total. The number of carbonyl (C=O) groups is 1. The number of halogens is 1. The Labute approximate surface area is 134 Å². The zero-order chi connectivity index (χ0) is 14.7. The fraction of sp³-hybridized carbons (Fsp3) is 0.588. The molecule has 0 saturated carbocycles. The van der Waals surface area contributed by atoms with Gasteiger partial charge >= 0.3 is 5.97 Å². The van der Waals surface area contributed by atoms with E-state index < -0.39 is 0 Å². The van der Waals surface area contributed by atoms with Gasteiger partial charge in [-0.15, -0.1) is 0 Å². The summed E-state index contributed by atoms with van der Waals surface area (Å²) in [5.74, 6) is 0.339. The van der Waals surface area contributed by atoms with Crippen LogP contribution in [-0.2, 0) is 4.74 Å². The number of ether oxygens (including phenoxy) is 1. The van der Waals surface area contributed by atoms with Crippen molar-refractivity contribution in [3.8, 4) is 0 Å². The molecule has 0 spiro atoms. The number of quaternary nitrogens is 1. The lowest BCUT2D eigenvalue weighted by Gasteiger charge is -2.41. The van der Waals surface area contributed by atoms with Crippen LogP contribution in [0, 0.1) is 5.92 Å². The van der Waals surface area contributed by atoms with E-state index in [1.807, 2.05) is 24.3 Å². The van der Waals surface area contributed by atoms with E-state index in [4.69, 9.17) is 4.74 Å². The normalized spacial score (nSPS) is 28.7. The Bertz CT molecular complexity index is 503. The predicted molar refractivity (Wildman–Crippen MR) is 85.5 cm³/mol. The monoisotopic (exact) mass is 352 g/mol. The van der Waals surface area contributed by atoms with Crippen molar-refractivity contribution < 1.29 is 14.4 Å². The van der Waals surface area contributed by atoms with Crippen LogP contribution < -0.4 is 4.90 Å². The lowest BCUT2D eigenvalue weighted by molar-refractivity contribution is -0.940. The number of hydrogen-bond donors (Lipinski definition) is 1. The SMILES string of the molecule is O=C(OC[C@@H]1CCC[NH+]2CCCC[C@H]12)c1ccccc1Br. The van der Waals surface area contributed by atoms with Gasteiger partial charge < -0.3 is 9.64 Å². The molecule has 1 unspecified atom stereocenters. The van der Waals surface area contributed by atoms with E-state index >= 15 is 0 Å². The molecule has 3 nitrogen and oxygen atoms in total. The second-order valence-electron chi connectivity index (χ2n) is 6.24. The zero-order valence-electron chi connectivity index (χ0n) is 12.3. The highest BCUT2D eigenvalue weighted by molar-refractivity contribution is 9.10. The van der Waals surface area contributed by atoms with Gasteiger partial charge in [0.2, 0.25) is 0 Å². The summed E-state index contributed by atoms with van der Waals surface area (Å²) in [6, 6.07) is 8.18. The third-order valence-electron chi connectivity index (χ3n) is 4.95. The van der Waals surface area contributed by atoms with E-state index in [0.29, 0.717) is 24.1 Å². The van der Waals surface area contributed by atoms with Crippen LogP contribution in [0.2, 0.25) is 0 Å². The van der Waals surface area contributed by atoms with Crippen molar-refractivity contribution in [2.75, 3.05) is 19.7 Å². The van der Waals surface area contributed by atoms with E-state index in [1.54, 1.807) is 4.90 Å². The summed E-state index contributed by atoms with van der Waals surface area (Å²) in [6.45, 7) is 3.19. The molecule has 3 atom stereocenters. The molecular weight excluding hydrogens is 330 g/mol. The van der Waals surface area contributed by atoms with Crippen LogP contribution in [0.5, 0.6) is 0 Å². The van der Waals surface area contributed by atoms with E-state index in [1.165, 1.54) is 45.2 Å². The molecule has 4 heteroatoms. The average Bonchev–Trinajstić information content (AvgIpc) is 2.53. The summed E-state index contributed by atoms with van der Waals surface area (Å²) in [5.41, 5.74) is 0.626. The maximum Gasteiger partial charge on any atom is 0.339 e. The summed E-state index contributed by atoms with van der Waals surface area (Å²) in [6.07, 6.45) is 6.46. The first-order valence-electron chi connectivity index (χ1n) is 8.02. The van der Waals surface area contributed by atoms with Crippen molar-refractivity contribution in [2.24, 2.45) is 5.92 Å². The molecule has 0 amide bonds. The summed E-state index contributed by atoms with van der Waals surface area (Å²) >= 11 is 3.41. The molecule has 2 saturated heterocycles. The zero-order valence-corrected chi connectivity index (χ0v) is 13.9. The Balaban J connectivity index is 1.59. The van der Waals surface area contributed by atoms with Crippen molar-refractivity contribution in [1.29, 1.82) is 0 Å². The molecule has 2 aliphatic rings. The summed E-state index contributed by atoms with van der Waals surface area (Å²) < 4.78 is 6.42. The number of hydrogen-bond acceptors (Lipinski definition) is 2. The maximum absolute atomic E-state index is 12.2. The molecule has 1 aromatic rings. The van der Waals surface area contributed by atoms with Gasteiger partial charge in [-0.05, 0) is 60.2 Å². The first-order valence-corrected chi connectivity index (χ1v) is 8.81. The maximum atomic E-state index is 12.2. The number of esters is 1. The molecule has 1 aromatic carbocycles. The third kappa shape index (κ3) is 3.49. The first-order chi connectivity index (χ1) is 10.3. The van der Waals surface area contributed by atoms with Gasteiger partial charge in [-0.1, -0.05) is 12.1 Å². The van der Waals surface area contributed by atoms with Gasteiger partial charge in [0, 0.05) is 10.4 Å². The molecule has 0 aromatic heterocycles. The highest BCUT2D eigenvalue weighted by atomic mass is 79.9. The van der Waals surface area contributed by atoms with Gasteiger partial charge in [0.25, 0.3) is 0 Å². The van der Waals surface area contributed by atoms with Crippen molar-refractivity contribution >= 4 is 21.9 Å². The second-order valence-corrected chi connectivity index (χ2v) is 7.10. The highest BCUT2D eigenvalue weighted by Gasteiger charge is 2.37. The number of carbonyl (C=O) groups excluding carboxylic acids is 1. The van der Waals surface area contributed by atoms with Crippen molar-refractivity contribution in [2.45, 2.75) is 38.1 Å². The van der Waals surface area contributed by atoms with Crippen molar-refractivity contribution in [3.63, 3.8) is 0 Å². The van der Waals surface area contributed by atoms with Crippen LogP contribution >= 0.6 is 15.9 Å². The smallest absolute Gasteiger partial charge is 0.339 e. The Morgan fingerprint density at radius 2 is 2.00 bits per heavy atom. The number of benzene rings is 1. The number of fused-ring (bicyclic) bond motifs is 1. The molecule has 114 valence electrons. The van der Waals surface area contributed by atoms with Crippen LogP contribution in [0.1, 0.15) is 42.5 Å². The van der Waals surface area contributed by atoms with Crippen molar-refractivity contribution in [1.82, 2.24) is 0 Å². The largest absolute Gasteiger partial charge is 0.462 e. The van der Waals surface area contributed by atoms with Crippen LogP contribution in [0.25, 0.3) is 0 Å². The van der Waals surface area contributed by atoms with Crippen LogP contribution in [0.3, 0.4) is 0 Å². The van der Waals surface area contributed by atoms with Gasteiger partial charge in [0.15, 0.2) is 0 Å². The van der Waals surface area contributed by atoms with E-state index in [2.05, 4.69) is 15.9 Å². The highest BCUT2D eigenvalue weighted by Crippen LogP contribution is 2.22. The Kier molecular flexibility index (Phi) is 4.96. The van der Waals surface area contributed by atoms with Crippen LogP contribution in [0.15, 0.2) is 28.7 Å². The van der Waals surface area contributed by atoms with Gasteiger partial charge in [-0.3, -0.25) is 0 Å². The predicted octanol–water partition coefficient (Wildman–Crippen LogP) is 2.45. The second kappa shape index (κ2) is 6.93. The quantitative estimate of drug-likeness (QED) is 0.847. The van der Waals surface area contributed by atoms with Crippen LogP contribution in [0.4, 0.5) is 0 Å². The van der Waals surface area contributed by atoms with Gasteiger partial charge in [-0.2, -0.15) is 0 Å². The number of nitrogens with one attached hydrogen (secondary N) is 1. The minimum atomic E-state index is -0.203. The molecular formula is C17H23BrNO2+.